The van der Waals surface area contributed by atoms with Gasteiger partial charge in [-0.15, -0.1) is 0 Å². The predicted octanol–water partition coefficient (Wildman–Crippen LogP) is 1.96. The van der Waals surface area contributed by atoms with Crippen LogP contribution in [-0.2, 0) is 28.8 Å². The largest absolute Gasteiger partial charge is 0.508 e. The second-order valence-electron chi connectivity index (χ2n) is 10.9. The Bertz CT molecular complexity index is 1550. The standard InChI is InChI=1S/C23H26N2O4.C7H14N2O2.C7H8O.2CH3NO.CH5N/c1-16(15-26)25-23(27)13-8-19(17-4-9-20(28-2)10-5-17)14-22(24)18-6-11-21(29-3)12-7-18;1-6(3-4-10)9-7(11)5-8-2;1-6-2-4-7(8)5-3-6;2*2-1-3;1-2/h4-12,14-16H,13,24H2,1-3H3,(H,25,27);4,6,8H,3,5H2,1-2H3,(H,9,11);2-5,8H,1H3;2*1H,(H2,2,3);2H2,1H3/b19-8-,22-14-;;;;;. The summed E-state index contributed by atoms with van der Waals surface area (Å²) in [5.74, 6) is 1.48. The molecule has 0 bridgehead atoms. The molecular formula is C40H59N7O9. The molecule has 0 aliphatic carbocycles. The fourth-order valence-corrected chi connectivity index (χ4v) is 3.86. The van der Waals surface area contributed by atoms with Crippen LogP contribution >= 0.6 is 0 Å². The molecule has 12 N–H and O–H groups in total. The van der Waals surface area contributed by atoms with Crippen LogP contribution in [-0.4, -0.2) is 89.3 Å². The quantitative estimate of drug-likeness (QED) is 0.0861. The van der Waals surface area contributed by atoms with Gasteiger partial charge in [-0.1, -0.05) is 35.9 Å². The molecule has 308 valence electrons. The highest BCUT2D eigenvalue weighted by Crippen LogP contribution is 2.24. The second-order valence-corrected chi connectivity index (χ2v) is 10.9. The first-order chi connectivity index (χ1) is 26.8. The summed E-state index contributed by atoms with van der Waals surface area (Å²) in [6, 6.07) is 21.4. The number of phenolic OH excluding ortho intramolecular Hbond substituents is 1. The number of ether oxygens (including phenoxy) is 2. The lowest BCUT2D eigenvalue weighted by Gasteiger charge is -2.10. The van der Waals surface area contributed by atoms with Crippen LogP contribution in [0.2, 0.25) is 0 Å². The Balaban J connectivity index is -0.000000845. The van der Waals surface area contributed by atoms with Gasteiger partial charge in [-0.3, -0.25) is 19.2 Å². The molecule has 0 saturated carbocycles. The van der Waals surface area contributed by atoms with Crippen molar-refractivity contribution in [1.29, 1.82) is 0 Å². The Morgan fingerprint density at radius 3 is 1.62 bits per heavy atom. The Kier molecular flexibility index (Phi) is 34.1. The third-order valence-electron chi connectivity index (χ3n) is 6.49. The molecule has 2 atom stereocenters. The highest BCUT2D eigenvalue weighted by molar-refractivity contribution is 5.87. The number of likely N-dealkylation sites (N-methyl/N-ethyl adjacent to an activating group) is 1. The minimum atomic E-state index is -0.528. The van der Waals surface area contributed by atoms with Gasteiger partial charge in [-0.05, 0) is 106 Å². The number of benzene rings is 3. The third-order valence-corrected chi connectivity index (χ3v) is 6.49. The molecule has 3 aromatic rings. The first-order valence-electron chi connectivity index (χ1n) is 17.0. The number of nitrogens with one attached hydrogen (secondary N) is 3. The maximum atomic E-state index is 12.1. The van der Waals surface area contributed by atoms with Gasteiger partial charge in [-0.2, -0.15) is 0 Å². The van der Waals surface area contributed by atoms with Crippen molar-refractivity contribution in [2.75, 3.05) is 34.9 Å². The number of hydrogen-bond donors (Lipinski definition) is 8. The summed E-state index contributed by atoms with van der Waals surface area (Å²) in [5, 5.41) is 16.7. The number of carbonyl (C=O) groups is 6. The Hall–Kier alpha value is -6.52. The van der Waals surface area contributed by atoms with E-state index in [-0.39, 0.29) is 37.1 Å². The topological polar surface area (TPSA) is 281 Å². The van der Waals surface area contributed by atoms with Crippen LogP contribution in [0.4, 0.5) is 0 Å². The first kappa shape index (κ1) is 53.8. The summed E-state index contributed by atoms with van der Waals surface area (Å²) < 4.78 is 10.4. The van der Waals surface area contributed by atoms with E-state index >= 15 is 0 Å². The van der Waals surface area contributed by atoms with Crippen LogP contribution in [0.1, 0.15) is 43.4 Å². The molecule has 0 fully saturated rings. The molecule has 2 unspecified atom stereocenters. The van der Waals surface area contributed by atoms with Gasteiger partial charge >= 0.3 is 0 Å². The SMILES string of the molecule is CN.CNCC(=O)NC(C)CC=O.COc1ccc(/C(N)=C/C(=C/CC(=O)NC(C)C=O)c2ccc(OC)cc2)cc1.Cc1ccc(O)cc1.NC=O.NC=O. The number of rotatable bonds is 14. The summed E-state index contributed by atoms with van der Waals surface area (Å²) >= 11 is 0. The smallest absolute Gasteiger partial charge is 0.234 e. The van der Waals surface area contributed by atoms with Crippen molar-refractivity contribution < 1.29 is 43.3 Å². The molecule has 0 radical (unpaired) electrons. The lowest BCUT2D eigenvalue weighted by molar-refractivity contribution is -0.123. The van der Waals surface area contributed by atoms with Gasteiger partial charge in [0, 0.05) is 24.6 Å². The average Bonchev–Trinajstić information content (AvgIpc) is 3.19. The molecule has 56 heavy (non-hydrogen) atoms. The average molecular weight is 782 g/mol. The Labute approximate surface area is 329 Å². The summed E-state index contributed by atoms with van der Waals surface area (Å²) in [7, 11) is 6.41. The molecule has 16 nitrogen and oxygen atoms in total. The number of phenols is 1. The summed E-state index contributed by atoms with van der Waals surface area (Å²) in [6.45, 7) is 5.70. The number of amides is 4. The fraction of sp³-hybridized carbons (Fsp3) is 0.300. The molecule has 0 heterocycles. The maximum absolute atomic E-state index is 12.1. The van der Waals surface area contributed by atoms with E-state index in [0.29, 0.717) is 30.7 Å². The molecule has 0 spiro atoms. The number of carbonyl (C=O) groups excluding carboxylic acids is 6. The van der Waals surface area contributed by atoms with Crippen molar-refractivity contribution >= 4 is 48.5 Å². The first-order valence-corrected chi connectivity index (χ1v) is 17.0. The van der Waals surface area contributed by atoms with E-state index in [9.17, 15) is 19.2 Å². The zero-order valence-electron chi connectivity index (χ0n) is 33.2. The number of aldehydes is 2. The van der Waals surface area contributed by atoms with Crippen LogP contribution in [0.3, 0.4) is 0 Å². The van der Waals surface area contributed by atoms with Gasteiger partial charge in [0.2, 0.25) is 24.6 Å². The number of methoxy groups -OCH3 is 2. The molecule has 4 amide bonds. The number of nitrogens with two attached hydrogens (primary N) is 4. The van der Waals surface area contributed by atoms with Crippen molar-refractivity contribution in [3.8, 4) is 17.2 Å². The summed E-state index contributed by atoms with van der Waals surface area (Å²) in [5.41, 5.74) is 23.4. The van der Waals surface area contributed by atoms with Gasteiger partial charge in [-0.25, -0.2) is 0 Å². The van der Waals surface area contributed by atoms with Crippen molar-refractivity contribution in [3.05, 3.63) is 102 Å². The van der Waals surface area contributed by atoms with Crippen molar-refractivity contribution in [1.82, 2.24) is 16.0 Å². The van der Waals surface area contributed by atoms with E-state index in [1.807, 2.05) is 73.7 Å². The number of hydrogen-bond acceptors (Lipinski definition) is 12. The van der Waals surface area contributed by atoms with Gasteiger partial charge < -0.3 is 63.1 Å². The van der Waals surface area contributed by atoms with E-state index in [1.54, 1.807) is 53.3 Å². The fourth-order valence-electron chi connectivity index (χ4n) is 3.86. The lowest BCUT2D eigenvalue weighted by atomic mass is 10.0. The zero-order valence-corrected chi connectivity index (χ0v) is 33.2. The molecule has 0 saturated heterocycles. The molecule has 3 rings (SSSR count). The second kappa shape index (κ2) is 35.5. The summed E-state index contributed by atoms with van der Waals surface area (Å²) in [4.78, 5) is 60.8. The van der Waals surface area contributed by atoms with Crippen LogP contribution in [0.15, 0.2) is 84.9 Å². The third kappa shape index (κ3) is 28.0. The van der Waals surface area contributed by atoms with Crippen molar-refractivity contribution in [3.63, 3.8) is 0 Å². The minimum Gasteiger partial charge on any atom is -0.508 e. The van der Waals surface area contributed by atoms with Gasteiger partial charge in [0.25, 0.3) is 0 Å². The molecule has 0 aromatic heterocycles. The Morgan fingerprint density at radius 1 is 0.768 bits per heavy atom. The number of primary amides is 2. The molecule has 0 aliphatic rings. The van der Waals surface area contributed by atoms with E-state index < -0.39 is 6.04 Å². The van der Waals surface area contributed by atoms with Crippen molar-refractivity contribution in [2.24, 2.45) is 22.9 Å². The van der Waals surface area contributed by atoms with Crippen LogP contribution < -0.4 is 48.4 Å². The molecule has 3 aromatic carbocycles. The van der Waals surface area contributed by atoms with E-state index in [2.05, 4.69) is 33.2 Å². The minimum absolute atomic E-state index is 0.0617. The van der Waals surface area contributed by atoms with Gasteiger partial charge in [0.15, 0.2) is 0 Å². The predicted molar refractivity (Wildman–Crippen MR) is 220 cm³/mol. The number of aryl methyl sites for hydroxylation is 1. The lowest BCUT2D eigenvalue weighted by Crippen LogP contribution is -2.38. The van der Waals surface area contributed by atoms with Crippen molar-refractivity contribution in [2.45, 2.75) is 45.7 Å². The van der Waals surface area contributed by atoms with E-state index in [1.165, 1.54) is 12.6 Å². The zero-order chi connectivity index (χ0) is 43.3. The molecule has 16 heteroatoms. The number of allylic oxidation sites excluding steroid dienone is 2. The highest BCUT2D eigenvalue weighted by atomic mass is 16.5. The van der Waals surface area contributed by atoms with E-state index in [0.717, 1.165) is 34.5 Å². The van der Waals surface area contributed by atoms with Gasteiger partial charge in [0.1, 0.15) is 29.8 Å². The molecule has 0 aliphatic heterocycles. The van der Waals surface area contributed by atoms with E-state index in [4.69, 9.17) is 29.9 Å². The Morgan fingerprint density at radius 2 is 1.23 bits per heavy atom. The van der Waals surface area contributed by atoms with Crippen LogP contribution in [0.25, 0.3) is 11.3 Å². The number of aromatic hydroxyl groups is 1. The monoisotopic (exact) mass is 781 g/mol. The van der Waals surface area contributed by atoms with Gasteiger partial charge in [0.05, 0.1) is 26.8 Å². The highest BCUT2D eigenvalue weighted by Gasteiger charge is 2.08. The molecular weight excluding hydrogens is 722 g/mol. The summed E-state index contributed by atoms with van der Waals surface area (Å²) in [6.07, 6.45) is 6.07. The normalized spacial score (nSPS) is 10.9. The van der Waals surface area contributed by atoms with Crippen LogP contribution in [0, 0.1) is 6.92 Å². The maximum Gasteiger partial charge on any atom is 0.234 e. The van der Waals surface area contributed by atoms with Crippen LogP contribution in [0.5, 0.6) is 17.2 Å².